The molecule has 0 aliphatic rings. The van der Waals surface area contributed by atoms with Gasteiger partial charge in [-0.3, -0.25) is 4.79 Å². The molecule has 130 valence electrons. The second-order valence-corrected chi connectivity index (χ2v) is 7.01. The monoisotopic (exact) mass is 408 g/mol. The number of ether oxygens (including phenoxy) is 1. The van der Waals surface area contributed by atoms with Gasteiger partial charge in [-0.15, -0.1) is 0 Å². The average molecular weight is 409 g/mol. The SMILES string of the molecule is Cc1ccc(COc2ccc(Br)cc2-c2cc(C)[nH]c(=O)c2C#N)cc1. The molecular formula is C21H17BrN2O2. The van der Waals surface area contributed by atoms with Gasteiger partial charge < -0.3 is 9.72 Å². The first-order valence-electron chi connectivity index (χ1n) is 8.10. The van der Waals surface area contributed by atoms with Crippen molar-refractivity contribution in [2.75, 3.05) is 0 Å². The van der Waals surface area contributed by atoms with E-state index in [0.29, 0.717) is 29.2 Å². The Balaban J connectivity index is 2.03. The molecule has 0 saturated heterocycles. The molecule has 26 heavy (non-hydrogen) atoms. The van der Waals surface area contributed by atoms with Crippen molar-refractivity contribution in [2.45, 2.75) is 20.5 Å². The van der Waals surface area contributed by atoms with Crippen LogP contribution in [0.15, 0.2) is 57.8 Å². The molecule has 0 atom stereocenters. The summed E-state index contributed by atoms with van der Waals surface area (Å²) in [7, 11) is 0. The molecule has 1 aromatic heterocycles. The predicted molar refractivity (Wildman–Crippen MR) is 105 cm³/mol. The zero-order valence-corrected chi connectivity index (χ0v) is 16.1. The third-order valence-electron chi connectivity index (χ3n) is 4.03. The number of aryl methyl sites for hydroxylation is 2. The van der Waals surface area contributed by atoms with Crippen LogP contribution >= 0.6 is 15.9 Å². The number of nitrogens with zero attached hydrogens (tertiary/aromatic N) is 1. The molecule has 0 saturated carbocycles. The Morgan fingerprint density at radius 1 is 1.08 bits per heavy atom. The number of aromatic nitrogens is 1. The number of pyridine rings is 1. The first-order valence-corrected chi connectivity index (χ1v) is 8.89. The summed E-state index contributed by atoms with van der Waals surface area (Å²) in [6, 6.07) is 17.5. The predicted octanol–water partition coefficient (Wildman–Crippen LogP) is 4.87. The molecule has 3 aromatic rings. The van der Waals surface area contributed by atoms with Crippen molar-refractivity contribution in [1.82, 2.24) is 4.98 Å². The number of benzene rings is 2. The summed E-state index contributed by atoms with van der Waals surface area (Å²) in [6.07, 6.45) is 0. The molecule has 4 nitrogen and oxygen atoms in total. The van der Waals surface area contributed by atoms with E-state index in [2.05, 4.69) is 20.9 Å². The lowest BCUT2D eigenvalue weighted by Gasteiger charge is -2.14. The number of nitriles is 1. The zero-order valence-electron chi connectivity index (χ0n) is 14.5. The molecule has 5 heteroatoms. The Morgan fingerprint density at radius 2 is 1.81 bits per heavy atom. The van der Waals surface area contributed by atoms with Crippen molar-refractivity contribution in [3.8, 4) is 22.9 Å². The van der Waals surface area contributed by atoms with E-state index in [4.69, 9.17) is 4.74 Å². The summed E-state index contributed by atoms with van der Waals surface area (Å²) >= 11 is 3.46. The molecule has 0 bridgehead atoms. The van der Waals surface area contributed by atoms with E-state index in [1.165, 1.54) is 5.56 Å². The number of aromatic amines is 1. The van der Waals surface area contributed by atoms with Gasteiger partial charge >= 0.3 is 0 Å². The van der Waals surface area contributed by atoms with Crippen LogP contribution in [0.25, 0.3) is 11.1 Å². The Bertz CT molecular complexity index is 1050. The Hall–Kier alpha value is -2.84. The Labute approximate surface area is 160 Å². The lowest BCUT2D eigenvalue weighted by molar-refractivity contribution is 0.307. The van der Waals surface area contributed by atoms with Crippen molar-refractivity contribution in [2.24, 2.45) is 0 Å². The van der Waals surface area contributed by atoms with E-state index < -0.39 is 5.56 Å². The van der Waals surface area contributed by atoms with Gasteiger partial charge in [-0.2, -0.15) is 5.26 Å². The number of H-pyrrole nitrogens is 1. The minimum absolute atomic E-state index is 0.0777. The smallest absolute Gasteiger partial charge is 0.266 e. The van der Waals surface area contributed by atoms with Gasteiger partial charge in [0.05, 0.1) is 0 Å². The van der Waals surface area contributed by atoms with E-state index >= 15 is 0 Å². The molecule has 0 radical (unpaired) electrons. The third-order valence-corrected chi connectivity index (χ3v) is 4.52. The van der Waals surface area contributed by atoms with Crippen LogP contribution in [-0.2, 0) is 6.61 Å². The van der Waals surface area contributed by atoms with Crippen LogP contribution in [0, 0.1) is 25.2 Å². The lowest BCUT2D eigenvalue weighted by Crippen LogP contribution is -2.13. The Morgan fingerprint density at radius 3 is 2.50 bits per heavy atom. The molecule has 1 heterocycles. The molecule has 0 fully saturated rings. The maximum absolute atomic E-state index is 12.1. The number of halogens is 1. The van der Waals surface area contributed by atoms with Crippen LogP contribution in [0.1, 0.15) is 22.4 Å². The summed E-state index contributed by atoms with van der Waals surface area (Å²) in [4.78, 5) is 14.8. The molecule has 3 rings (SSSR count). The molecule has 0 unspecified atom stereocenters. The van der Waals surface area contributed by atoms with Gasteiger partial charge in [-0.25, -0.2) is 0 Å². The summed E-state index contributed by atoms with van der Waals surface area (Å²) in [6.45, 7) is 4.23. The highest BCUT2D eigenvalue weighted by Crippen LogP contribution is 2.34. The first-order chi connectivity index (χ1) is 12.5. The van der Waals surface area contributed by atoms with E-state index in [9.17, 15) is 10.1 Å². The van der Waals surface area contributed by atoms with Gasteiger partial charge in [0, 0.05) is 21.3 Å². The lowest BCUT2D eigenvalue weighted by atomic mass is 10.00. The summed E-state index contributed by atoms with van der Waals surface area (Å²) in [5.41, 5.74) is 3.88. The highest BCUT2D eigenvalue weighted by atomic mass is 79.9. The van der Waals surface area contributed by atoms with Gasteiger partial charge in [-0.05, 0) is 43.7 Å². The van der Waals surface area contributed by atoms with E-state index in [1.807, 2.05) is 55.5 Å². The fraction of sp³-hybridized carbons (Fsp3) is 0.143. The summed E-state index contributed by atoms with van der Waals surface area (Å²) in [5.74, 6) is 0.621. The first kappa shape index (κ1) is 18.0. The Kier molecular flexibility index (Phi) is 5.24. The van der Waals surface area contributed by atoms with Gasteiger partial charge in [0.1, 0.15) is 24.0 Å². The van der Waals surface area contributed by atoms with Gasteiger partial charge in [0.2, 0.25) is 0 Å². The van der Waals surface area contributed by atoms with Crippen molar-refractivity contribution >= 4 is 15.9 Å². The second kappa shape index (κ2) is 7.59. The summed E-state index contributed by atoms with van der Waals surface area (Å²) in [5, 5.41) is 9.42. The van der Waals surface area contributed by atoms with E-state index in [1.54, 1.807) is 13.0 Å². The molecular weight excluding hydrogens is 392 g/mol. The van der Waals surface area contributed by atoms with Crippen LogP contribution in [-0.4, -0.2) is 4.98 Å². The second-order valence-electron chi connectivity index (χ2n) is 6.10. The minimum atomic E-state index is -0.396. The fourth-order valence-electron chi connectivity index (χ4n) is 2.70. The topological polar surface area (TPSA) is 65.9 Å². The van der Waals surface area contributed by atoms with Crippen LogP contribution in [0.4, 0.5) is 0 Å². The van der Waals surface area contributed by atoms with Crippen LogP contribution < -0.4 is 10.3 Å². The number of nitrogens with one attached hydrogen (secondary N) is 1. The largest absolute Gasteiger partial charge is 0.488 e. The van der Waals surface area contributed by atoms with Crippen LogP contribution in [0.5, 0.6) is 5.75 Å². The quantitative estimate of drug-likeness (QED) is 0.669. The van der Waals surface area contributed by atoms with Gasteiger partial charge in [0.15, 0.2) is 0 Å². The van der Waals surface area contributed by atoms with Crippen LogP contribution in [0.2, 0.25) is 0 Å². The number of hydrogen-bond donors (Lipinski definition) is 1. The molecule has 0 spiro atoms. The van der Waals surface area contributed by atoms with Crippen molar-refractivity contribution < 1.29 is 4.74 Å². The standard InChI is InChI=1S/C21H17BrN2O2/c1-13-3-5-15(6-4-13)12-26-20-8-7-16(22)10-18(20)17-9-14(2)24-21(25)19(17)11-23/h3-10H,12H2,1-2H3,(H,24,25). The number of hydrogen-bond acceptors (Lipinski definition) is 3. The van der Waals surface area contributed by atoms with Crippen LogP contribution in [0.3, 0.4) is 0 Å². The maximum atomic E-state index is 12.1. The highest BCUT2D eigenvalue weighted by Gasteiger charge is 2.15. The maximum Gasteiger partial charge on any atom is 0.266 e. The normalized spacial score (nSPS) is 10.4. The minimum Gasteiger partial charge on any atom is -0.488 e. The molecule has 0 amide bonds. The molecule has 0 aliphatic heterocycles. The highest BCUT2D eigenvalue weighted by molar-refractivity contribution is 9.10. The third kappa shape index (κ3) is 3.87. The van der Waals surface area contributed by atoms with Crippen molar-refractivity contribution in [3.63, 3.8) is 0 Å². The molecule has 1 N–H and O–H groups in total. The van der Waals surface area contributed by atoms with E-state index in [-0.39, 0.29) is 5.56 Å². The van der Waals surface area contributed by atoms with Gasteiger partial charge in [-0.1, -0.05) is 45.8 Å². The van der Waals surface area contributed by atoms with Crippen molar-refractivity contribution in [3.05, 3.63) is 85.7 Å². The molecule has 0 aliphatic carbocycles. The molecule has 2 aromatic carbocycles. The van der Waals surface area contributed by atoms with Gasteiger partial charge in [0.25, 0.3) is 5.56 Å². The fourth-order valence-corrected chi connectivity index (χ4v) is 3.06. The zero-order chi connectivity index (χ0) is 18.7. The number of rotatable bonds is 4. The van der Waals surface area contributed by atoms with E-state index in [0.717, 1.165) is 10.0 Å². The summed E-state index contributed by atoms with van der Waals surface area (Å²) < 4.78 is 6.85. The van der Waals surface area contributed by atoms with Crippen molar-refractivity contribution in [1.29, 1.82) is 5.26 Å². The average Bonchev–Trinajstić information content (AvgIpc) is 2.61.